The third kappa shape index (κ3) is 8.43. The lowest BCUT2D eigenvalue weighted by Gasteiger charge is -2.35. The molecule has 0 radical (unpaired) electrons. The monoisotopic (exact) mass is 525 g/mol. The van der Waals surface area contributed by atoms with Crippen molar-refractivity contribution in [1.82, 2.24) is 14.1 Å². The van der Waals surface area contributed by atoms with Crippen molar-refractivity contribution in [2.45, 2.75) is 70.2 Å². The third-order valence-electron chi connectivity index (χ3n) is 7.50. The van der Waals surface area contributed by atoms with Crippen molar-refractivity contribution in [3.63, 3.8) is 0 Å². The molecule has 1 aromatic carbocycles. The highest BCUT2D eigenvalue weighted by Gasteiger charge is 2.28. The highest BCUT2D eigenvalue weighted by Crippen LogP contribution is 2.31. The first-order chi connectivity index (χ1) is 17.0. The molecule has 9 heteroatoms. The molecule has 1 saturated carbocycles. The number of nitrogens with zero attached hydrogens (tertiary/aromatic N) is 3. The Morgan fingerprint density at radius 3 is 2.36 bits per heavy atom. The molecule has 0 heterocycles. The molecule has 0 unspecified atom stereocenters. The van der Waals surface area contributed by atoms with Crippen LogP contribution in [0, 0.1) is 19.8 Å². The van der Waals surface area contributed by atoms with Crippen LogP contribution in [0.15, 0.2) is 17.0 Å². The summed E-state index contributed by atoms with van der Waals surface area (Å²) in [5.74, 6) is 1.26. The van der Waals surface area contributed by atoms with Gasteiger partial charge in [-0.2, -0.15) is 4.31 Å². The van der Waals surface area contributed by atoms with Gasteiger partial charge in [-0.05, 0) is 88.8 Å². The van der Waals surface area contributed by atoms with Gasteiger partial charge in [0.2, 0.25) is 15.9 Å². The first-order valence-electron chi connectivity index (χ1n) is 13.1. The van der Waals surface area contributed by atoms with E-state index in [1.807, 2.05) is 11.9 Å². The van der Waals surface area contributed by atoms with Gasteiger partial charge in [-0.1, -0.05) is 19.8 Å². The van der Waals surface area contributed by atoms with Crippen LogP contribution in [0.5, 0.6) is 5.75 Å². The lowest BCUT2D eigenvalue weighted by Crippen LogP contribution is -2.42. The molecule has 0 N–H and O–H groups in total. The van der Waals surface area contributed by atoms with Crippen LogP contribution >= 0.6 is 0 Å². The summed E-state index contributed by atoms with van der Waals surface area (Å²) < 4.78 is 38.4. The highest BCUT2D eigenvalue weighted by molar-refractivity contribution is 7.89. The van der Waals surface area contributed by atoms with Crippen molar-refractivity contribution < 1.29 is 22.7 Å². The fraction of sp³-hybridized carbons (Fsp3) is 0.741. The van der Waals surface area contributed by atoms with E-state index in [1.54, 1.807) is 33.1 Å². The molecule has 2 atom stereocenters. The topological polar surface area (TPSA) is 79.4 Å². The number of carbonyl (C=O) groups is 1. The molecule has 1 aliphatic rings. The van der Waals surface area contributed by atoms with E-state index >= 15 is 0 Å². The Balaban J connectivity index is 1.80. The van der Waals surface area contributed by atoms with Gasteiger partial charge >= 0.3 is 0 Å². The van der Waals surface area contributed by atoms with E-state index in [-0.39, 0.29) is 36.6 Å². The van der Waals surface area contributed by atoms with Crippen LogP contribution < -0.4 is 4.74 Å². The van der Waals surface area contributed by atoms with Crippen LogP contribution in [0.2, 0.25) is 0 Å². The normalized spacial score (nSPS) is 18.6. The summed E-state index contributed by atoms with van der Waals surface area (Å²) in [5.41, 5.74) is 1.28. The second-order valence-corrected chi connectivity index (χ2v) is 12.2. The minimum atomic E-state index is -3.68. The summed E-state index contributed by atoms with van der Waals surface area (Å²) >= 11 is 0. The second-order valence-electron chi connectivity index (χ2n) is 10.2. The summed E-state index contributed by atoms with van der Waals surface area (Å²) in [6.45, 7) is 8.20. The maximum atomic E-state index is 13.1. The van der Waals surface area contributed by atoms with Gasteiger partial charge in [0.25, 0.3) is 0 Å². The zero-order valence-electron chi connectivity index (χ0n) is 23.4. The van der Waals surface area contributed by atoms with E-state index in [1.165, 1.54) is 30.6 Å². The molecular formula is C27H47N3O5S. The number of sulfonamides is 1. The van der Waals surface area contributed by atoms with Gasteiger partial charge < -0.3 is 19.3 Å². The number of likely N-dealkylation sites (N-methyl/N-ethyl adjacent to an activating group) is 2. The summed E-state index contributed by atoms with van der Waals surface area (Å²) in [6, 6.07) is 3.70. The number of hydrogen-bond acceptors (Lipinski definition) is 6. The number of benzene rings is 1. The largest absolute Gasteiger partial charge is 0.497 e. The number of hydrogen-bond donors (Lipinski definition) is 0. The number of carbonyl (C=O) groups excluding carboxylic acids is 1. The fourth-order valence-electron chi connectivity index (χ4n) is 5.05. The smallest absolute Gasteiger partial charge is 0.248 e. The Morgan fingerprint density at radius 2 is 1.75 bits per heavy atom. The molecule has 0 aliphatic heterocycles. The first kappa shape index (κ1) is 30.5. The van der Waals surface area contributed by atoms with Crippen LogP contribution in [-0.2, 0) is 19.6 Å². The molecule has 36 heavy (non-hydrogen) atoms. The Labute approximate surface area is 219 Å². The Bertz CT molecular complexity index is 930. The number of methoxy groups -OCH3 is 1. The Hall–Kier alpha value is -1.68. The van der Waals surface area contributed by atoms with Crippen LogP contribution in [0.1, 0.15) is 56.6 Å². The van der Waals surface area contributed by atoms with Crippen LogP contribution in [0.25, 0.3) is 0 Å². The van der Waals surface area contributed by atoms with Gasteiger partial charge in [0.15, 0.2) is 0 Å². The number of amides is 1. The average molecular weight is 526 g/mol. The summed E-state index contributed by atoms with van der Waals surface area (Å²) in [6.07, 6.45) is 6.92. The number of aryl methyl sites for hydroxylation is 2. The molecule has 0 aromatic heterocycles. The SMILES string of the molecule is CCN(C)CCC[C@H]1CCC[C@@H](N(C)C(=O)COCCN(C)S(=O)(=O)c2c(C)cc(OC)cc2C)C1. The standard InChI is InChI=1S/C27H47N3O5S/c1-8-28(4)14-10-12-23-11-9-13-24(19-23)30(6)26(31)20-35-16-15-29(5)36(32,33)27-21(2)17-25(34-7)18-22(27)3/h17-18,23-24H,8-16,19-20H2,1-7H3/t23-,24-/m1/s1. The molecule has 206 valence electrons. The van der Waals surface area contributed by atoms with Crippen LogP contribution in [-0.4, -0.2) is 95.6 Å². The zero-order valence-corrected chi connectivity index (χ0v) is 24.2. The molecule has 1 fully saturated rings. The fourth-order valence-corrected chi connectivity index (χ4v) is 6.61. The molecule has 0 saturated heterocycles. The summed E-state index contributed by atoms with van der Waals surface area (Å²) in [7, 11) is 3.44. The van der Waals surface area contributed by atoms with Gasteiger partial charge in [-0.15, -0.1) is 0 Å². The van der Waals surface area contributed by atoms with Crippen molar-refractivity contribution >= 4 is 15.9 Å². The first-order valence-corrected chi connectivity index (χ1v) is 14.6. The molecule has 0 bridgehead atoms. The maximum Gasteiger partial charge on any atom is 0.248 e. The van der Waals surface area contributed by atoms with E-state index in [2.05, 4.69) is 18.9 Å². The van der Waals surface area contributed by atoms with Crippen molar-refractivity contribution in [3.05, 3.63) is 23.3 Å². The van der Waals surface area contributed by atoms with E-state index in [9.17, 15) is 13.2 Å². The Kier molecular flexibility index (Phi) is 12.1. The van der Waals surface area contributed by atoms with Crippen molar-refractivity contribution in [1.29, 1.82) is 0 Å². The van der Waals surface area contributed by atoms with Gasteiger partial charge in [-0.25, -0.2) is 8.42 Å². The molecule has 0 spiro atoms. The van der Waals surface area contributed by atoms with E-state index in [4.69, 9.17) is 9.47 Å². The Morgan fingerprint density at radius 1 is 1.08 bits per heavy atom. The average Bonchev–Trinajstić information content (AvgIpc) is 2.85. The molecular weight excluding hydrogens is 478 g/mol. The van der Waals surface area contributed by atoms with Crippen LogP contribution in [0.4, 0.5) is 0 Å². The van der Waals surface area contributed by atoms with Crippen molar-refractivity contribution in [3.8, 4) is 5.75 Å². The lowest BCUT2D eigenvalue weighted by atomic mass is 9.82. The van der Waals surface area contributed by atoms with Crippen LogP contribution in [0.3, 0.4) is 0 Å². The van der Waals surface area contributed by atoms with E-state index < -0.39 is 10.0 Å². The molecule has 1 amide bonds. The van der Waals surface area contributed by atoms with Crippen molar-refractivity contribution in [2.24, 2.45) is 5.92 Å². The van der Waals surface area contributed by atoms with Gasteiger partial charge in [0, 0.05) is 26.7 Å². The minimum Gasteiger partial charge on any atom is -0.497 e. The molecule has 1 aromatic rings. The van der Waals surface area contributed by atoms with Gasteiger partial charge in [-0.3, -0.25) is 4.79 Å². The lowest BCUT2D eigenvalue weighted by molar-refractivity contribution is -0.137. The summed E-state index contributed by atoms with van der Waals surface area (Å²) in [4.78, 5) is 17.2. The van der Waals surface area contributed by atoms with Gasteiger partial charge in [0.05, 0.1) is 18.6 Å². The molecule has 2 rings (SSSR count). The second kappa shape index (κ2) is 14.3. The number of ether oxygens (including phenoxy) is 2. The quantitative estimate of drug-likeness (QED) is 0.345. The zero-order chi connectivity index (χ0) is 26.9. The third-order valence-corrected chi connectivity index (χ3v) is 9.67. The summed E-state index contributed by atoms with van der Waals surface area (Å²) in [5, 5.41) is 0. The van der Waals surface area contributed by atoms with E-state index in [0.29, 0.717) is 22.8 Å². The van der Waals surface area contributed by atoms with E-state index in [0.717, 1.165) is 32.4 Å². The van der Waals surface area contributed by atoms with Gasteiger partial charge in [0.1, 0.15) is 12.4 Å². The number of rotatable bonds is 14. The van der Waals surface area contributed by atoms with Crippen molar-refractivity contribution in [2.75, 3.05) is 61.1 Å². The molecule has 8 nitrogen and oxygen atoms in total. The highest BCUT2D eigenvalue weighted by atomic mass is 32.2. The predicted molar refractivity (Wildman–Crippen MR) is 144 cm³/mol. The minimum absolute atomic E-state index is 0.0343. The maximum absolute atomic E-state index is 13.1. The molecule has 1 aliphatic carbocycles. The predicted octanol–water partition coefficient (Wildman–Crippen LogP) is 3.70.